The smallest absolute Gasteiger partial charge is 0.141 e. The molecule has 0 saturated heterocycles. The molecule has 1 aromatic heterocycles. The number of nitrogens with zero attached hydrogens (tertiary/aromatic N) is 3. The molecule has 0 spiro atoms. The third-order valence-corrected chi connectivity index (χ3v) is 4.14. The summed E-state index contributed by atoms with van der Waals surface area (Å²) >= 11 is 0. The molecule has 0 radical (unpaired) electrons. The lowest BCUT2D eigenvalue weighted by atomic mass is 10.1. The van der Waals surface area contributed by atoms with Gasteiger partial charge in [0.1, 0.15) is 11.6 Å². The number of rotatable bonds is 4. The van der Waals surface area contributed by atoms with E-state index in [1.165, 1.54) is 23.3 Å². The van der Waals surface area contributed by atoms with Crippen LogP contribution in [0.25, 0.3) is 22.4 Å². The molecular weight excluding hydrogens is 289 g/mol. The molecule has 1 heterocycles. The highest BCUT2D eigenvalue weighted by molar-refractivity contribution is 5.82. The Morgan fingerprint density at radius 3 is 2.52 bits per heavy atom. The number of aryl methyl sites for hydroxylation is 3. The predicted molar refractivity (Wildman–Crippen MR) is 89.4 cm³/mol. The summed E-state index contributed by atoms with van der Waals surface area (Å²) < 4.78 is 15.3. The van der Waals surface area contributed by atoms with E-state index in [0.717, 1.165) is 35.4 Å². The molecule has 23 heavy (non-hydrogen) atoms. The topological polar surface area (TPSA) is 41.6 Å². The molecule has 2 aromatic carbocycles. The van der Waals surface area contributed by atoms with Gasteiger partial charge in [-0.1, -0.05) is 0 Å². The van der Waals surface area contributed by atoms with Crippen molar-refractivity contribution in [1.82, 2.24) is 9.55 Å². The number of benzene rings is 2. The summed E-state index contributed by atoms with van der Waals surface area (Å²) in [5.41, 5.74) is 5.29. The SMILES string of the molecule is Cc1cc2nc(-c3ccc(F)cc3)n(CCCC#N)c2cc1C. The first-order chi connectivity index (χ1) is 11.1. The number of aromatic nitrogens is 2. The highest BCUT2D eigenvalue weighted by Gasteiger charge is 2.13. The van der Waals surface area contributed by atoms with Crippen LogP contribution in [-0.4, -0.2) is 9.55 Å². The van der Waals surface area contributed by atoms with Crippen LogP contribution in [0.2, 0.25) is 0 Å². The maximum Gasteiger partial charge on any atom is 0.141 e. The zero-order chi connectivity index (χ0) is 16.4. The van der Waals surface area contributed by atoms with Crippen molar-refractivity contribution in [3.8, 4) is 17.5 Å². The number of hydrogen-bond acceptors (Lipinski definition) is 2. The molecule has 0 bridgehead atoms. The molecule has 0 amide bonds. The summed E-state index contributed by atoms with van der Waals surface area (Å²) in [5, 5.41) is 8.79. The van der Waals surface area contributed by atoms with Crippen LogP contribution < -0.4 is 0 Å². The van der Waals surface area contributed by atoms with E-state index < -0.39 is 0 Å². The van der Waals surface area contributed by atoms with Crippen molar-refractivity contribution in [2.45, 2.75) is 33.2 Å². The predicted octanol–water partition coefficient (Wildman–Crippen LogP) is 4.76. The molecular formula is C19H18FN3. The van der Waals surface area contributed by atoms with Crippen molar-refractivity contribution in [2.75, 3.05) is 0 Å². The summed E-state index contributed by atoms with van der Waals surface area (Å²) in [6.07, 6.45) is 1.27. The lowest BCUT2D eigenvalue weighted by molar-refractivity contribution is 0.627. The van der Waals surface area contributed by atoms with Gasteiger partial charge in [-0.05, 0) is 67.8 Å². The molecule has 0 unspecified atom stereocenters. The standard InChI is InChI=1S/C19H18FN3/c1-13-11-17-18(12-14(13)2)23(10-4-3-9-21)19(22-17)15-5-7-16(20)8-6-15/h5-8,11-12H,3-4,10H2,1-2H3. The number of imidazole rings is 1. The molecule has 4 heteroatoms. The van der Waals surface area contributed by atoms with Gasteiger partial charge in [-0.25, -0.2) is 9.37 Å². The lowest BCUT2D eigenvalue weighted by Crippen LogP contribution is -2.01. The molecule has 0 saturated carbocycles. The highest BCUT2D eigenvalue weighted by Crippen LogP contribution is 2.27. The normalized spacial score (nSPS) is 10.9. The number of fused-ring (bicyclic) bond motifs is 1. The van der Waals surface area contributed by atoms with Crippen molar-refractivity contribution in [2.24, 2.45) is 0 Å². The summed E-state index contributed by atoms with van der Waals surface area (Å²) in [4.78, 5) is 4.75. The molecule has 0 N–H and O–H groups in total. The summed E-state index contributed by atoms with van der Waals surface area (Å²) in [6.45, 7) is 4.87. The Hall–Kier alpha value is -2.67. The van der Waals surface area contributed by atoms with E-state index in [1.807, 2.05) is 0 Å². The first-order valence-corrected chi connectivity index (χ1v) is 7.70. The second kappa shape index (κ2) is 6.21. The molecule has 3 aromatic rings. The van der Waals surface area contributed by atoms with Crippen molar-refractivity contribution in [1.29, 1.82) is 5.26 Å². The molecule has 3 rings (SSSR count). The second-order valence-electron chi connectivity index (χ2n) is 5.78. The number of halogens is 1. The van der Waals surface area contributed by atoms with Gasteiger partial charge in [-0.3, -0.25) is 0 Å². The van der Waals surface area contributed by atoms with Gasteiger partial charge in [0.2, 0.25) is 0 Å². The number of hydrogen-bond donors (Lipinski definition) is 0. The number of nitriles is 1. The maximum atomic E-state index is 13.2. The van der Waals surface area contributed by atoms with E-state index in [9.17, 15) is 4.39 Å². The highest BCUT2D eigenvalue weighted by atomic mass is 19.1. The molecule has 3 nitrogen and oxygen atoms in total. The second-order valence-corrected chi connectivity index (χ2v) is 5.78. The Morgan fingerprint density at radius 2 is 1.83 bits per heavy atom. The third kappa shape index (κ3) is 2.95. The van der Waals surface area contributed by atoms with E-state index in [2.05, 4.69) is 36.6 Å². The fraction of sp³-hybridized carbons (Fsp3) is 0.263. The Labute approximate surface area is 135 Å². The van der Waals surface area contributed by atoms with Gasteiger partial charge in [0.15, 0.2) is 0 Å². The monoisotopic (exact) mass is 307 g/mol. The molecule has 0 aliphatic rings. The van der Waals surface area contributed by atoms with Gasteiger partial charge >= 0.3 is 0 Å². The van der Waals surface area contributed by atoms with Crippen molar-refractivity contribution in [3.63, 3.8) is 0 Å². The summed E-state index contributed by atoms with van der Waals surface area (Å²) in [7, 11) is 0. The van der Waals surface area contributed by atoms with Crippen LogP contribution in [-0.2, 0) is 6.54 Å². The average molecular weight is 307 g/mol. The minimum absolute atomic E-state index is 0.257. The minimum atomic E-state index is -0.257. The molecule has 0 atom stereocenters. The largest absolute Gasteiger partial charge is 0.324 e. The van der Waals surface area contributed by atoms with Crippen LogP contribution in [0, 0.1) is 31.0 Å². The van der Waals surface area contributed by atoms with Gasteiger partial charge in [0.25, 0.3) is 0 Å². The van der Waals surface area contributed by atoms with E-state index in [0.29, 0.717) is 6.42 Å². The minimum Gasteiger partial charge on any atom is -0.324 e. The third-order valence-electron chi connectivity index (χ3n) is 4.14. The fourth-order valence-electron chi connectivity index (χ4n) is 2.74. The Morgan fingerprint density at radius 1 is 1.13 bits per heavy atom. The van der Waals surface area contributed by atoms with E-state index in [-0.39, 0.29) is 5.82 Å². The van der Waals surface area contributed by atoms with Gasteiger partial charge in [-0.2, -0.15) is 5.26 Å². The van der Waals surface area contributed by atoms with Crippen LogP contribution in [0.5, 0.6) is 0 Å². The van der Waals surface area contributed by atoms with Crippen molar-refractivity contribution < 1.29 is 4.39 Å². The molecule has 116 valence electrons. The first kappa shape index (κ1) is 15.2. The maximum absolute atomic E-state index is 13.2. The Kier molecular flexibility index (Phi) is 4.12. The number of unbranched alkanes of at least 4 members (excludes halogenated alkanes) is 1. The Bertz CT molecular complexity index is 886. The molecule has 0 aliphatic carbocycles. The quantitative estimate of drug-likeness (QED) is 0.652. The van der Waals surface area contributed by atoms with Gasteiger partial charge in [-0.15, -0.1) is 0 Å². The van der Waals surface area contributed by atoms with E-state index in [4.69, 9.17) is 10.2 Å². The van der Waals surface area contributed by atoms with Crippen LogP contribution in [0.3, 0.4) is 0 Å². The van der Waals surface area contributed by atoms with Crippen LogP contribution >= 0.6 is 0 Å². The summed E-state index contributed by atoms with van der Waals surface area (Å²) in [5.74, 6) is 0.565. The zero-order valence-corrected chi connectivity index (χ0v) is 13.3. The van der Waals surface area contributed by atoms with Crippen LogP contribution in [0.1, 0.15) is 24.0 Å². The van der Waals surface area contributed by atoms with E-state index >= 15 is 0 Å². The lowest BCUT2D eigenvalue weighted by Gasteiger charge is -2.09. The molecule has 0 aliphatic heterocycles. The van der Waals surface area contributed by atoms with Crippen LogP contribution in [0.4, 0.5) is 4.39 Å². The van der Waals surface area contributed by atoms with Crippen molar-refractivity contribution in [3.05, 3.63) is 53.3 Å². The van der Waals surface area contributed by atoms with Crippen molar-refractivity contribution >= 4 is 11.0 Å². The summed E-state index contributed by atoms with van der Waals surface area (Å²) in [6, 6.07) is 12.8. The fourth-order valence-corrected chi connectivity index (χ4v) is 2.74. The van der Waals surface area contributed by atoms with Crippen LogP contribution in [0.15, 0.2) is 36.4 Å². The zero-order valence-electron chi connectivity index (χ0n) is 13.3. The average Bonchev–Trinajstić information content (AvgIpc) is 2.87. The first-order valence-electron chi connectivity index (χ1n) is 7.70. The molecule has 0 fully saturated rings. The van der Waals surface area contributed by atoms with Gasteiger partial charge < -0.3 is 4.57 Å². The van der Waals surface area contributed by atoms with Gasteiger partial charge in [0.05, 0.1) is 17.1 Å². The van der Waals surface area contributed by atoms with Gasteiger partial charge in [0, 0.05) is 18.5 Å². The Balaban J connectivity index is 2.16. The van der Waals surface area contributed by atoms with E-state index in [1.54, 1.807) is 12.1 Å².